The van der Waals surface area contributed by atoms with Crippen molar-refractivity contribution in [1.82, 2.24) is 0 Å². The summed E-state index contributed by atoms with van der Waals surface area (Å²) in [7, 11) is -21.5. The van der Waals surface area contributed by atoms with Gasteiger partial charge in [-0.2, -0.15) is 0 Å². The van der Waals surface area contributed by atoms with Gasteiger partial charge in [0.1, 0.15) is 0 Å². The molecule has 0 saturated carbocycles. The third kappa shape index (κ3) is 35.4. The first kappa shape index (κ1) is 45.7. The van der Waals surface area contributed by atoms with Crippen molar-refractivity contribution in [3.63, 3.8) is 0 Å². The molecule has 0 aromatic heterocycles. The summed E-state index contributed by atoms with van der Waals surface area (Å²) in [6.07, 6.45) is 0. The summed E-state index contributed by atoms with van der Waals surface area (Å²) >= 11 is 0. The molecule has 0 bridgehead atoms. The van der Waals surface area contributed by atoms with Crippen molar-refractivity contribution in [1.29, 1.82) is 0 Å². The fourth-order valence-electron chi connectivity index (χ4n) is 3.48. The summed E-state index contributed by atoms with van der Waals surface area (Å²) in [5.41, 5.74) is 1.59. The molecule has 0 radical (unpaired) electrons. The molecule has 0 saturated heterocycles. The largest absolute Gasteiger partial charge is 0.473 e. The van der Waals surface area contributed by atoms with Gasteiger partial charge in [-0.25, -0.2) is 0 Å². The Labute approximate surface area is 254 Å². The van der Waals surface area contributed by atoms with E-state index in [1.54, 1.807) is 71.2 Å². The molecule has 5 N–H and O–H groups in total. The van der Waals surface area contributed by atoms with Crippen molar-refractivity contribution < 1.29 is 48.7 Å². The zero-order chi connectivity index (χ0) is 33.4. The summed E-state index contributed by atoms with van der Waals surface area (Å²) in [5.74, 6) is 0. The lowest BCUT2D eigenvalue weighted by molar-refractivity contribution is 0.255. The Morgan fingerprint density at radius 3 is 0.775 bits per heavy atom. The molecule has 11 nitrogen and oxygen atoms in total. The van der Waals surface area contributed by atoms with Crippen LogP contribution < -0.4 is 0 Å². The molecule has 40 heavy (non-hydrogen) atoms. The molecule has 0 amide bonds. The molecule has 0 aliphatic heterocycles. The maximum absolute atomic E-state index is 9.95. The van der Waals surface area contributed by atoms with Gasteiger partial charge in [0.2, 0.25) is 0 Å². The standard InChI is InChI=1S/C7H20O4Si3.C7H22O3Si3.C6H20O4Si3/c1-7-14(6,10-12(2,3)8)11-13(4,5)9;1-11(2,3)9-13(7,8)10-12(4,5)6;1-11(2,7)9-13(5,6)10-12(3,4)8/h7-9H,1H2,2-6H3;8H,1-7H3;7-8H,1-6H3. The molecule has 0 aliphatic rings. The topological polar surface area (TPSA) is 157 Å². The zero-order valence-electron chi connectivity index (χ0n) is 28.5. The average molecular weight is 731 g/mol. The quantitative estimate of drug-likeness (QED) is 0.169. The van der Waals surface area contributed by atoms with Gasteiger partial charge in [-0.05, 0) is 111 Å². The molecule has 0 aromatic rings. The predicted octanol–water partition coefficient (Wildman–Crippen LogP) is 4.57. The smallest absolute Gasteiger partial charge is 0.417 e. The lowest BCUT2D eigenvalue weighted by Gasteiger charge is -2.33. The SMILES string of the molecule is C=C[Si](C)(O[Si](C)(C)O)O[Si](C)(C)O.C[Si](C)(C)O[Si](C)(O)O[Si](C)(C)C.C[Si](C)(O)O[Si](C)(C)O[Si](C)(C)O. The minimum absolute atomic E-state index is 1.59. The molecular formula is C20H62O11Si9. The molecule has 0 rings (SSSR count). The fraction of sp³-hybridized carbons (Fsp3) is 0.900. The van der Waals surface area contributed by atoms with E-state index in [2.05, 4.69) is 45.9 Å². The van der Waals surface area contributed by atoms with Crippen LogP contribution in [0.3, 0.4) is 0 Å². The van der Waals surface area contributed by atoms with Crippen LogP contribution in [0, 0.1) is 0 Å². The first-order valence-electron chi connectivity index (χ1n) is 13.3. The van der Waals surface area contributed by atoms with E-state index >= 15 is 0 Å². The lowest BCUT2D eigenvalue weighted by atomic mass is 11.3. The molecule has 0 unspecified atom stereocenters. The van der Waals surface area contributed by atoms with Crippen LogP contribution in [0.15, 0.2) is 12.3 Å². The van der Waals surface area contributed by atoms with Crippen molar-refractivity contribution in [2.24, 2.45) is 0 Å². The Hall–Kier alpha value is 1.25. The normalized spacial score (nSPS) is 14.6. The summed E-state index contributed by atoms with van der Waals surface area (Å²) in [4.78, 5) is 48.3. The molecule has 244 valence electrons. The molecule has 0 aliphatic carbocycles. The fourth-order valence-corrected chi connectivity index (χ4v) is 32.4. The molecule has 20 heteroatoms. The zero-order valence-corrected chi connectivity index (χ0v) is 37.5. The Kier molecular flexibility index (Phi) is 18.3. The van der Waals surface area contributed by atoms with Gasteiger partial charge in [-0.3, -0.25) is 0 Å². The molecule has 0 fully saturated rings. The van der Waals surface area contributed by atoms with Gasteiger partial charge in [-0.1, -0.05) is 5.70 Å². The monoisotopic (exact) mass is 730 g/mol. The van der Waals surface area contributed by atoms with E-state index in [-0.39, 0.29) is 0 Å². The van der Waals surface area contributed by atoms with E-state index in [4.69, 9.17) is 24.7 Å². The molecule has 0 spiro atoms. The van der Waals surface area contributed by atoms with Crippen LogP contribution in [0.5, 0.6) is 0 Å². The highest BCUT2D eigenvalue weighted by molar-refractivity contribution is 6.87. The van der Waals surface area contributed by atoms with E-state index in [1.165, 1.54) is 0 Å². The molecule has 0 aromatic carbocycles. The third-order valence-corrected chi connectivity index (χ3v) is 27.1. The number of rotatable bonds is 13. The number of hydrogen-bond acceptors (Lipinski definition) is 11. The van der Waals surface area contributed by atoms with Crippen molar-refractivity contribution in [3.8, 4) is 0 Å². The van der Waals surface area contributed by atoms with Crippen LogP contribution in [0.4, 0.5) is 0 Å². The van der Waals surface area contributed by atoms with Gasteiger partial charge >= 0.3 is 60.2 Å². The van der Waals surface area contributed by atoms with E-state index in [0.29, 0.717) is 0 Å². The second-order valence-electron chi connectivity index (χ2n) is 14.1. The maximum Gasteiger partial charge on any atom is 0.473 e. The van der Waals surface area contributed by atoms with Crippen LogP contribution >= 0.6 is 0 Å². The second kappa shape index (κ2) is 16.0. The summed E-state index contributed by atoms with van der Waals surface area (Å²) in [6, 6.07) is 0. The number of hydrogen-bond donors (Lipinski definition) is 5. The summed E-state index contributed by atoms with van der Waals surface area (Å²) in [5, 5.41) is 0. The molecule has 0 atom stereocenters. The third-order valence-electron chi connectivity index (χ3n) is 3.26. The first-order valence-corrected chi connectivity index (χ1v) is 39.0. The van der Waals surface area contributed by atoms with Gasteiger partial charge in [0.25, 0.3) is 0 Å². The Morgan fingerprint density at radius 1 is 0.400 bits per heavy atom. The van der Waals surface area contributed by atoms with Gasteiger partial charge in [0.15, 0.2) is 16.6 Å². The lowest BCUT2D eigenvalue weighted by Crippen LogP contribution is -2.53. The van der Waals surface area contributed by atoms with Crippen molar-refractivity contribution in [2.45, 2.75) is 118 Å². The van der Waals surface area contributed by atoms with Gasteiger partial charge in [0, 0.05) is 6.55 Å². The Bertz CT molecular complexity index is 652. The van der Waals surface area contributed by atoms with Gasteiger partial charge < -0.3 is 48.7 Å². The minimum Gasteiger partial charge on any atom is -0.417 e. The second-order valence-corrected chi connectivity index (χ2v) is 46.1. The van der Waals surface area contributed by atoms with Gasteiger partial charge in [0.05, 0.1) is 0 Å². The molecular weight excluding hydrogens is 669 g/mol. The van der Waals surface area contributed by atoms with Crippen LogP contribution in [0.1, 0.15) is 0 Å². The van der Waals surface area contributed by atoms with Crippen molar-refractivity contribution in [3.05, 3.63) is 12.3 Å². The highest BCUT2D eigenvalue weighted by atomic mass is 28.5. The predicted molar refractivity (Wildman–Crippen MR) is 185 cm³/mol. The molecule has 0 heterocycles. The highest BCUT2D eigenvalue weighted by Crippen LogP contribution is 2.20. The summed E-state index contributed by atoms with van der Waals surface area (Å²) in [6.45, 7) is 36.6. The first-order chi connectivity index (χ1) is 16.8. The van der Waals surface area contributed by atoms with Crippen LogP contribution in [0.2, 0.25) is 118 Å². The van der Waals surface area contributed by atoms with Crippen LogP contribution in [0.25, 0.3) is 0 Å². The summed E-state index contributed by atoms with van der Waals surface area (Å²) < 4.78 is 33.3. The van der Waals surface area contributed by atoms with E-state index < -0.39 is 76.8 Å². The van der Waals surface area contributed by atoms with Gasteiger partial charge in [-0.15, -0.1) is 6.58 Å². The van der Waals surface area contributed by atoms with Crippen molar-refractivity contribution in [2.75, 3.05) is 0 Å². The van der Waals surface area contributed by atoms with E-state index in [1.807, 2.05) is 13.1 Å². The van der Waals surface area contributed by atoms with E-state index in [0.717, 1.165) is 0 Å². The van der Waals surface area contributed by atoms with Crippen LogP contribution in [-0.4, -0.2) is 101 Å². The Morgan fingerprint density at radius 2 is 0.625 bits per heavy atom. The Balaban J connectivity index is -0.000000514. The average Bonchev–Trinajstić information content (AvgIpc) is 2.41. The minimum atomic E-state index is -2.85. The van der Waals surface area contributed by atoms with Crippen LogP contribution in [-0.2, 0) is 24.7 Å². The van der Waals surface area contributed by atoms with E-state index in [9.17, 15) is 24.0 Å². The maximum atomic E-state index is 9.95. The highest BCUT2D eigenvalue weighted by Gasteiger charge is 2.41. The van der Waals surface area contributed by atoms with Crippen molar-refractivity contribution >= 4 is 76.8 Å².